The molecule has 0 aliphatic heterocycles. The molecule has 1 amide bonds. The predicted octanol–water partition coefficient (Wildman–Crippen LogP) is 2.48. The van der Waals surface area contributed by atoms with E-state index < -0.39 is 10.0 Å². The summed E-state index contributed by atoms with van der Waals surface area (Å²) in [5.41, 5.74) is 2.65. The molecule has 0 bridgehead atoms. The summed E-state index contributed by atoms with van der Waals surface area (Å²) in [6.07, 6.45) is 1.20. The van der Waals surface area contributed by atoms with E-state index in [0.717, 1.165) is 17.4 Å². The van der Waals surface area contributed by atoms with Crippen LogP contribution in [0.5, 0.6) is 5.75 Å². The lowest BCUT2D eigenvalue weighted by Gasteiger charge is -2.22. The second kappa shape index (κ2) is 8.71. The Balaban J connectivity index is 1.95. The van der Waals surface area contributed by atoms with Crippen LogP contribution in [0.15, 0.2) is 48.5 Å². The van der Waals surface area contributed by atoms with Crippen molar-refractivity contribution in [3.63, 3.8) is 0 Å². The Morgan fingerprint density at radius 1 is 1.08 bits per heavy atom. The topological polar surface area (TPSA) is 75.7 Å². The first kappa shape index (κ1) is 19.8. The van der Waals surface area contributed by atoms with Gasteiger partial charge in [-0.3, -0.25) is 9.10 Å². The van der Waals surface area contributed by atoms with Gasteiger partial charge in [-0.15, -0.1) is 0 Å². The number of carbonyl (C=O) groups excluding carboxylic acids is 1. The van der Waals surface area contributed by atoms with Crippen molar-refractivity contribution in [2.24, 2.45) is 0 Å². The summed E-state index contributed by atoms with van der Waals surface area (Å²) < 4.78 is 30.4. The van der Waals surface area contributed by atoms with Crippen molar-refractivity contribution in [1.29, 1.82) is 0 Å². The number of anilines is 1. The Hall–Kier alpha value is -2.54. The first-order valence-electron chi connectivity index (χ1n) is 8.23. The Morgan fingerprint density at radius 3 is 2.23 bits per heavy atom. The molecule has 2 aromatic carbocycles. The number of nitrogens with zero attached hydrogens (tertiary/aromatic N) is 1. The second-order valence-corrected chi connectivity index (χ2v) is 7.95. The van der Waals surface area contributed by atoms with Crippen LogP contribution in [0.4, 0.5) is 5.69 Å². The van der Waals surface area contributed by atoms with Crippen LogP contribution in [0, 0.1) is 6.92 Å². The third kappa shape index (κ3) is 5.77. The number of sulfonamides is 1. The van der Waals surface area contributed by atoms with Crippen LogP contribution in [0.2, 0.25) is 0 Å². The van der Waals surface area contributed by atoms with Gasteiger partial charge in [-0.1, -0.05) is 29.8 Å². The van der Waals surface area contributed by atoms with Crippen molar-refractivity contribution >= 4 is 21.6 Å². The molecule has 0 unspecified atom stereocenters. The molecule has 140 valence electrons. The lowest BCUT2D eigenvalue weighted by molar-refractivity contribution is -0.121. The quantitative estimate of drug-likeness (QED) is 0.768. The Labute approximate surface area is 154 Å². The van der Waals surface area contributed by atoms with Crippen molar-refractivity contribution in [2.75, 3.05) is 24.2 Å². The molecule has 6 nitrogen and oxygen atoms in total. The van der Waals surface area contributed by atoms with Crippen LogP contribution in [0.3, 0.4) is 0 Å². The van der Waals surface area contributed by atoms with Crippen LogP contribution < -0.4 is 14.4 Å². The number of aryl methyl sites for hydroxylation is 1. The number of hydrogen-bond acceptors (Lipinski definition) is 4. The number of ether oxygens (including phenoxy) is 1. The zero-order chi connectivity index (χ0) is 19.2. The summed E-state index contributed by atoms with van der Waals surface area (Å²) in [6.45, 7) is 2.49. The Bertz CT molecular complexity index is 831. The van der Waals surface area contributed by atoms with E-state index >= 15 is 0 Å². The average molecular weight is 376 g/mol. The summed E-state index contributed by atoms with van der Waals surface area (Å²) in [5, 5.41) is 2.81. The van der Waals surface area contributed by atoms with E-state index in [9.17, 15) is 13.2 Å². The minimum Gasteiger partial charge on any atom is -0.497 e. The number of methoxy groups -OCH3 is 1. The minimum atomic E-state index is -3.49. The monoisotopic (exact) mass is 376 g/mol. The summed E-state index contributed by atoms with van der Waals surface area (Å²) in [6, 6.07) is 14.6. The molecule has 0 saturated heterocycles. The Morgan fingerprint density at radius 2 is 1.69 bits per heavy atom. The maximum absolute atomic E-state index is 12.1. The lowest BCUT2D eigenvalue weighted by Crippen LogP contribution is -2.34. The standard InChI is InChI=1S/C19H24N2O4S/c1-15-4-6-16(7-5-15)14-20-19(22)12-13-21(26(3,23)24)17-8-10-18(25-2)11-9-17/h4-11H,12-14H2,1-3H3,(H,20,22). The summed E-state index contributed by atoms with van der Waals surface area (Å²) >= 11 is 0. The fourth-order valence-electron chi connectivity index (χ4n) is 2.43. The van der Waals surface area contributed by atoms with E-state index in [-0.39, 0.29) is 18.9 Å². The largest absolute Gasteiger partial charge is 0.497 e. The summed E-state index contributed by atoms with van der Waals surface area (Å²) in [5.74, 6) is 0.436. The highest BCUT2D eigenvalue weighted by Gasteiger charge is 2.18. The third-order valence-electron chi connectivity index (χ3n) is 3.91. The van der Waals surface area contributed by atoms with E-state index in [4.69, 9.17) is 4.74 Å². The molecule has 26 heavy (non-hydrogen) atoms. The van der Waals surface area contributed by atoms with Crippen LogP contribution in [-0.4, -0.2) is 34.2 Å². The second-order valence-electron chi connectivity index (χ2n) is 6.05. The molecule has 2 rings (SSSR count). The van der Waals surface area contributed by atoms with Gasteiger partial charge < -0.3 is 10.1 Å². The molecule has 0 fully saturated rings. The molecule has 7 heteroatoms. The average Bonchev–Trinajstić information content (AvgIpc) is 2.61. The molecular formula is C19H24N2O4S. The van der Waals surface area contributed by atoms with Crippen LogP contribution >= 0.6 is 0 Å². The predicted molar refractivity (Wildman–Crippen MR) is 103 cm³/mol. The zero-order valence-electron chi connectivity index (χ0n) is 15.2. The van der Waals surface area contributed by atoms with Crippen LogP contribution in [0.25, 0.3) is 0 Å². The molecule has 0 aromatic heterocycles. The van der Waals surface area contributed by atoms with Gasteiger partial charge in [-0.25, -0.2) is 8.42 Å². The van der Waals surface area contributed by atoms with Gasteiger partial charge in [-0.05, 0) is 36.8 Å². The van der Waals surface area contributed by atoms with Crippen molar-refractivity contribution in [1.82, 2.24) is 5.32 Å². The van der Waals surface area contributed by atoms with E-state index in [0.29, 0.717) is 18.0 Å². The molecule has 0 saturated carbocycles. The van der Waals surface area contributed by atoms with Crippen LogP contribution in [-0.2, 0) is 21.4 Å². The van der Waals surface area contributed by atoms with Gasteiger partial charge in [0.25, 0.3) is 0 Å². The Kier molecular flexibility index (Phi) is 6.63. The van der Waals surface area contributed by atoms with E-state index in [2.05, 4.69) is 5.32 Å². The number of carbonyl (C=O) groups is 1. The van der Waals surface area contributed by atoms with Crippen molar-refractivity contribution in [3.05, 3.63) is 59.7 Å². The van der Waals surface area contributed by atoms with Gasteiger partial charge in [0.15, 0.2) is 0 Å². The highest BCUT2D eigenvalue weighted by molar-refractivity contribution is 7.92. The lowest BCUT2D eigenvalue weighted by atomic mass is 10.1. The number of hydrogen-bond donors (Lipinski definition) is 1. The van der Waals surface area contributed by atoms with Gasteiger partial charge >= 0.3 is 0 Å². The van der Waals surface area contributed by atoms with E-state index in [1.165, 1.54) is 4.31 Å². The van der Waals surface area contributed by atoms with Gasteiger partial charge in [0.2, 0.25) is 15.9 Å². The fourth-order valence-corrected chi connectivity index (χ4v) is 3.36. The normalized spacial score (nSPS) is 11.0. The number of benzene rings is 2. The molecule has 0 aliphatic rings. The molecule has 0 spiro atoms. The fraction of sp³-hybridized carbons (Fsp3) is 0.316. The third-order valence-corrected chi connectivity index (χ3v) is 5.11. The van der Waals surface area contributed by atoms with E-state index in [1.54, 1.807) is 31.4 Å². The summed E-state index contributed by atoms with van der Waals surface area (Å²) in [4.78, 5) is 12.1. The van der Waals surface area contributed by atoms with Crippen molar-refractivity contribution in [3.8, 4) is 5.75 Å². The maximum atomic E-state index is 12.1. The van der Waals surface area contributed by atoms with Crippen molar-refractivity contribution < 1.29 is 17.9 Å². The highest BCUT2D eigenvalue weighted by atomic mass is 32.2. The van der Waals surface area contributed by atoms with Crippen LogP contribution in [0.1, 0.15) is 17.5 Å². The molecule has 0 heterocycles. The highest BCUT2D eigenvalue weighted by Crippen LogP contribution is 2.21. The minimum absolute atomic E-state index is 0.0743. The molecule has 0 atom stereocenters. The molecule has 2 aromatic rings. The summed E-state index contributed by atoms with van der Waals surface area (Å²) in [7, 11) is -1.95. The molecular weight excluding hydrogens is 352 g/mol. The maximum Gasteiger partial charge on any atom is 0.232 e. The number of nitrogens with one attached hydrogen (secondary N) is 1. The van der Waals surface area contributed by atoms with E-state index in [1.807, 2.05) is 31.2 Å². The number of amides is 1. The van der Waals surface area contributed by atoms with Gasteiger partial charge in [0.1, 0.15) is 5.75 Å². The van der Waals surface area contributed by atoms with Crippen molar-refractivity contribution in [2.45, 2.75) is 19.9 Å². The first-order valence-corrected chi connectivity index (χ1v) is 10.1. The molecule has 0 aliphatic carbocycles. The zero-order valence-corrected chi connectivity index (χ0v) is 16.0. The SMILES string of the molecule is COc1ccc(N(CCC(=O)NCc2ccc(C)cc2)S(C)(=O)=O)cc1. The smallest absolute Gasteiger partial charge is 0.232 e. The van der Waals surface area contributed by atoms with Gasteiger partial charge in [0, 0.05) is 19.5 Å². The van der Waals surface area contributed by atoms with Gasteiger partial charge in [0.05, 0.1) is 19.1 Å². The molecule has 1 N–H and O–H groups in total. The first-order chi connectivity index (χ1) is 12.3. The molecule has 0 radical (unpaired) electrons. The number of rotatable bonds is 8. The van der Waals surface area contributed by atoms with Gasteiger partial charge in [-0.2, -0.15) is 0 Å².